The Morgan fingerprint density at radius 3 is 1.13 bits per heavy atom. The zero-order valence-corrected chi connectivity index (χ0v) is 21.7. The van der Waals surface area contributed by atoms with Crippen molar-refractivity contribution in [3.8, 4) is 0 Å². The van der Waals surface area contributed by atoms with Crippen molar-refractivity contribution in [1.29, 1.82) is 0 Å². The molecule has 0 N–H and O–H groups in total. The summed E-state index contributed by atoms with van der Waals surface area (Å²) in [6, 6.07) is 0. The van der Waals surface area contributed by atoms with E-state index in [4.69, 9.17) is 4.74 Å². The molecule has 0 aromatic carbocycles. The molecular weight excluding hydrogens is 364 g/mol. The molecule has 30 heavy (non-hydrogen) atoms. The number of hydrogen-bond donors (Lipinski definition) is 0. The highest BCUT2D eigenvalue weighted by Crippen LogP contribution is 2.20. The Morgan fingerprint density at radius 2 is 0.733 bits per heavy atom. The van der Waals surface area contributed by atoms with Crippen molar-refractivity contribution in [1.82, 2.24) is 0 Å². The summed E-state index contributed by atoms with van der Waals surface area (Å²) in [5, 5.41) is 0. The molecule has 0 heterocycles. The van der Waals surface area contributed by atoms with Crippen LogP contribution < -0.4 is 0 Å². The van der Waals surface area contributed by atoms with E-state index in [1.54, 1.807) is 0 Å². The van der Waals surface area contributed by atoms with Gasteiger partial charge in [-0.1, -0.05) is 149 Å². The van der Waals surface area contributed by atoms with E-state index in [1.165, 1.54) is 148 Å². The second kappa shape index (κ2) is 27.0. The molecule has 0 aliphatic carbocycles. The molecule has 0 saturated heterocycles. The molecule has 0 aromatic heterocycles. The number of ether oxygens (including phenoxy) is 1. The maximum atomic E-state index is 6.12. The second-order valence-electron chi connectivity index (χ2n) is 9.88. The van der Waals surface area contributed by atoms with Gasteiger partial charge in [0, 0.05) is 13.2 Å². The predicted molar refractivity (Wildman–Crippen MR) is 138 cm³/mol. The molecule has 0 rings (SSSR count). The fourth-order valence-electron chi connectivity index (χ4n) is 4.50. The number of rotatable bonds is 26. The Bertz CT molecular complexity index is 270. The van der Waals surface area contributed by atoms with Crippen LogP contribution >= 0.6 is 0 Å². The van der Waals surface area contributed by atoms with Gasteiger partial charge in [0.2, 0.25) is 0 Å². The zero-order valence-electron chi connectivity index (χ0n) is 21.7. The van der Waals surface area contributed by atoms with Crippen LogP contribution in [-0.4, -0.2) is 13.2 Å². The van der Waals surface area contributed by atoms with Crippen molar-refractivity contribution >= 4 is 0 Å². The van der Waals surface area contributed by atoms with Gasteiger partial charge in [-0.2, -0.15) is 0 Å². The zero-order chi connectivity index (χ0) is 22.0. The second-order valence-corrected chi connectivity index (χ2v) is 9.88. The van der Waals surface area contributed by atoms with Gasteiger partial charge in [-0.25, -0.2) is 0 Å². The monoisotopic (exact) mass is 424 g/mol. The summed E-state index contributed by atoms with van der Waals surface area (Å²) in [4.78, 5) is 0. The van der Waals surface area contributed by atoms with Gasteiger partial charge in [-0.15, -0.1) is 0 Å². The lowest BCUT2D eigenvalue weighted by Gasteiger charge is -2.17. The minimum atomic E-state index is 0.820. The Hall–Kier alpha value is -0.0400. The third-order valence-electron chi connectivity index (χ3n) is 6.68. The third kappa shape index (κ3) is 24.2. The van der Waals surface area contributed by atoms with Crippen LogP contribution in [-0.2, 0) is 4.74 Å². The van der Waals surface area contributed by atoms with Crippen LogP contribution in [0.25, 0.3) is 0 Å². The Balaban J connectivity index is 3.80. The third-order valence-corrected chi connectivity index (χ3v) is 6.68. The largest absolute Gasteiger partial charge is 0.381 e. The van der Waals surface area contributed by atoms with Crippen LogP contribution in [0.1, 0.15) is 168 Å². The maximum absolute atomic E-state index is 6.12. The molecule has 0 saturated carbocycles. The first-order chi connectivity index (χ1) is 14.8. The van der Waals surface area contributed by atoms with E-state index in [1.807, 2.05) is 0 Å². The van der Waals surface area contributed by atoms with Crippen LogP contribution in [0.3, 0.4) is 0 Å². The van der Waals surface area contributed by atoms with E-state index in [0.717, 1.165) is 19.1 Å². The topological polar surface area (TPSA) is 9.23 Å². The fourth-order valence-corrected chi connectivity index (χ4v) is 4.50. The average Bonchev–Trinajstić information content (AvgIpc) is 2.76. The number of hydrogen-bond acceptors (Lipinski definition) is 1. The quantitative estimate of drug-likeness (QED) is 0.125. The highest BCUT2D eigenvalue weighted by Gasteiger charge is 2.09. The molecule has 0 aliphatic heterocycles. The van der Waals surface area contributed by atoms with E-state index in [2.05, 4.69) is 20.8 Å². The van der Waals surface area contributed by atoms with Gasteiger partial charge in [-0.3, -0.25) is 0 Å². The normalized spacial score (nSPS) is 12.5. The minimum absolute atomic E-state index is 0.820. The Morgan fingerprint density at radius 1 is 0.400 bits per heavy atom. The van der Waals surface area contributed by atoms with Gasteiger partial charge in [0.25, 0.3) is 0 Å². The van der Waals surface area contributed by atoms with Gasteiger partial charge in [0.15, 0.2) is 0 Å². The van der Waals surface area contributed by atoms with Crippen LogP contribution in [0.2, 0.25) is 0 Å². The first-order valence-corrected chi connectivity index (χ1v) is 14.4. The van der Waals surface area contributed by atoms with Crippen molar-refractivity contribution in [2.45, 2.75) is 168 Å². The maximum Gasteiger partial charge on any atom is 0.0494 e. The van der Waals surface area contributed by atoms with Gasteiger partial charge >= 0.3 is 0 Å². The summed E-state index contributed by atoms with van der Waals surface area (Å²) in [6.07, 6.45) is 32.5. The predicted octanol–water partition coefficient (Wildman–Crippen LogP) is 10.7. The number of unbranched alkanes of at least 4 members (excludes halogenated alkanes) is 18. The molecule has 0 radical (unpaired) electrons. The van der Waals surface area contributed by atoms with E-state index >= 15 is 0 Å². The molecule has 1 atom stereocenters. The molecule has 0 bridgehead atoms. The van der Waals surface area contributed by atoms with Crippen molar-refractivity contribution in [2.75, 3.05) is 13.2 Å². The Kier molecular flexibility index (Phi) is 27.0. The lowest BCUT2D eigenvalue weighted by Crippen LogP contribution is -2.11. The highest BCUT2D eigenvalue weighted by atomic mass is 16.5. The molecule has 0 aliphatic rings. The summed E-state index contributed by atoms with van der Waals surface area (Å²) in [7, 11) is 0. The summed E-state index contributed by atoms with van der Waals surface area (Å²) in [6.45, 7) is 8.92. The van der Waals surface area contributed by atoms with Gasteiger partial charge in [-0.05, 0) is 25.2 Å². The van der Waals surface area contributed by atoms with E-state index in [-0.39, 0.29) is 0 Å². The summed E-state index contributed by atoms with van der Waals surface area (Å²) >= 11 is 0. The van der Waals surface area contributed by atoms with Crippen LogP contribution in [0.15, 0.2) is 0 Å². The fraction of sp³-hybridized carbons (Fsp3) is 1.00. The summed E-state index contributed by atoms with van der Waals surface area (Å²) < 4.78 is 6.12. The van der Waals surface area contributed by atoms with Crippen LogP contribution in [0.4, 0.5) is 0 Å². The van der Waals surface area contributed by atoms with Crippen LogP contribution in [0.5, 0.6) is 0 Å². The molecule has 1 nitrogen and oxygen atoms in total. The molecule has 182 valence electrons. The molecule has 1 heteroatoms. The van der Waals surface area contributed by atoms with Crippen molar-refractivity contribution in [2.24, 2.45) is 5.92 Å². The summed E-state index contributed by atoms with van der Waals surface area (Å²) in [5.74, 6) is 0.820. The highest BCUT2D eigenvalue weighted by molar-refractivity contribution is 4.61. The van der Waals surface area contributed by atoms with Gasteiger partial charge < -0.3 is 4.74 Å². The molecule has 0 fully saturated rings. The van der Waals surface area contributed by atoms with E-state index in [9.17, 15) is 0 Å². The standard InChI is InChI=1S/C29H60O/c1-4-7-10-13-15-16-18-20-23-26-29(25-22-19-17-14-11-8-5-2)28-30-27-24-21-12-9-6-3/h29H,4-28H2,1-3H3. The molecular formula is C29H60O. The van der Waals surface area contributed by atoms with Crippen molar-refractivity contribution < 1.29 is 4.74 Å². The van der Waals surface area contributed by atoms with E-state index in [0.29, 0.717) is 0 Å². The van der Waals surface area contributed by atoms with Crippen molar-refractivity contribution in [3.05, 3.63) is 0 Å². The van der Waals surface area contributed by atoms with Gasteiger partial charge in [0.1, 0.15) is 0 Å². The van der Waals surface area contributed by atoms with Gasteiger partial charge in [0.05, 0.1) is 0 Å². The van der Waals surface area contributed by atoms with Crippen molar-refractivity contribution in [3.63, 3.8) is 0 Å². The molecule has 0 spiro atoms. The molecule has 0 amide bonds. The molecule has 0 aromatic rings. The lowest BCUT2D eigenvalue weighted by molar-refractivity contribution is 0.0878. The average molecular weight is 425 g/mol. The first-order valence-electron chi connectivity index (χ1n) is 14.4. The SMILES string of the molecule is CCCCCCCCCCCC(CCCCCCCCC)COCCCCCCC. The van der Waals surface area contributed by atoms with Crippen LogP contribution in [0, 0.1) is 5.92 Å². The lowest BCUT2D eigenvalue weighted by atomic mass is 9.94. The van der Waals surface area contributed by atoms with E-state index < -0.39 is 0 Å². The summed E-state index contributed by atoms with van der Waals surface area (Å²) in [5.41, 5.74) is 0. The smallest absolute Gasteiger partial charge is 0.0494 e. The Labute approximate surface area is 192 Å². The molecule has 1 unspecified atom stereocenters. The minimum Gasteiger partial charge on any atom is -0.381 e. The first kappa shape index (κ1) is 30.0.